The quantitative estimate of drug-likeness (QED) is 0.634. The maximum absolute atomic E-state index is 12.9. The first kappa shape index (κ1) is 19.8. The van der Waals surface area contributed by atoms with Crippen molar-refractivity contribution in [3.8, 4) is 5.69 Å². The molecule has 2 aromatic rings. The Morgan fingerprint density at radius 2 is 1.75 bits per heavy atom. The lowest BCUT2D eigenvalue weighted by Gasteiger charge is -2.31. The molecule has 1 aliphatic rings. The Bertz CT molecular complexity index is 881. The molecule has 3 rings (SSSR count). The van der Waals surface area contributed by atoms with Crippen molar-refractivity contribution in [2.45, 2.75) is 33.6 Å². The molecule has 1 aromatic heterocycles. The van der Waals surface area contributed by atoms with Crippen molar-refractivity contribution in [3.05, 3.63) is 47.3 Å². The Morgan fingerprint density at radius 3 is 2.36 bits per heavy atom. The fraction of sp³-hybridized carbons (Fsp3) is 0.429. The van der Waals surface area contributed by atoms with Crippen LogP contribution < -0.4 is 5.32 Å². The van der Waals surface area contributed by atoms with E-state index in [1.165, 1.54) is 6.92 Å². The Hall–Kier alpha value is -2.96. The number of Topliss-reactive ketones (excluding diaryl/α,β-unsaturated/α-hetero) is 1. The topological polar surface area (TPSA) is 84.3 Å². The van der Waals surface area contributed by atoms with E-state index in [0.717, 1.165) is 18.5 Å². The van der Waals surface area contributed by atoms with Crippen LogP contribution >= 0.6 is 0 Å². The molecule has 2 amide bonds. The van der Waals surface area contributed by atoms with E-state index in [9.17, 15) is 14.4 Å². The lowest BCUT2D eigenvalue weighted by atomic mass is 9.96. The van der Waals surface area contributed by atoms with Crippen LogP contribution in [0.5, 0.6) is 0 Å². The molecule has 7 nitrogen and oxygen atoms in total. The number of carbonyl (C=O) groups excluding carboxylic acids is 3. The molecule has 28 heavy (non-hydrogen) atoms. The smallest absolute Gasteiger partial charge is 0.295 e. The highest BCUT2D eigenvalue weighted by molar-refractivity contribution is 6.43. The van der Waals surface area contributed by atoms with Gasteiger partial charge in [-0.25, -0.2) is 4.68 Å². The van der Waals surface area contributed by atoms with Gasteiger partial charge in [-0.2, -0.15) is 5.10 Å². The van der Waals surface area contributed by atoms with E-state index in [2.05, 4.69) is 10.4 Å². The molecule has 2 heterocycles. The third-order valence-electron chi connectivity index (χ3n) is 5.25. The van der Waals surface area contributed by atoms with Crippen LogP contribution in [-0.4, -0.2) is 51.9 Å². The number of ketones is 1. The summed E-state index contributed by atoms with van der Waals surface area (Å²) in [6, 6.07) is 9.55. The third-order valence-corrected chi connectivity index (χ3v) is 5.25. The second-order valence-electron chi connectivity index (χ2n) is 7.29. The molecule has 7 heteroatoms. The predicted octanol–water partition coefficient (Wildman–Crippen LogP) is 2.05. The van der Waals surface area contributed by atoms with Gasteiger partial charge in [0.05, 0.1) is 22.6 Å². The Kier molecular flexibility index (Phi) is 5.92. The van der Waals surface area contributed by atoms with Crippen molar-refractivity contribution in [1.29, 1.82) is 0 Å². The SMILES string of the molecule is CC(=O)NCC1CCN(C(=O)C(=O)c2c(C)nn(-c3ccccc3)c2C)CC1. The molecular weight excluding hydrogens is 356 g/mol. The zero-order chi connectivity index (χ0) is 20.3. The summed E-state index contributed by atoms with van der Waals surface area (Å²) in [6.07, 6.45) is 1.56. The second-order valence-corrected chi connectivity index (χ2v) is 7.29. The van der Waals surface area contributed by atoms with Gasteiger partial charge in [-0.3, -0.25) is 14.4 Å². The summed E-state index contributed by atoms with van der Waals surface area (Å²) in [4.78, 5) is 38.4. The normalized spacial score (nSPS) is 14.8. The highest BCUT2D eigenvalue weighted by Gasteiger charge is 2.31. The molecule has 1 saturated heterocycles. The summed E-state index contributed by atoms with van der Waals surface area (Å²) < 4.78 is 1.70. The van der Waals surface area contributed by atoms with Gasteiger partial charge in [0.2, 0.25) is 5.91 Å². The van der Waals surface area contributed by atoms with Crippen molar-refractivity contribution >= 4 is 17.6 Å². The minimum Gasteiger partial charge on any atom is -0.356 e. The molecule has 0 saturated carbocycles. The number of aromatic nitrogens is 2. The fourth-order valence-corrected chi connectivity index (χ4v) is 3.67. The number of amides is 2. The number of aryl methyl sites for hydroxylation is 1. The highest BCUT2D eigenvalue weighted by atomic mass is 16.2. The number of hydrogen-bond donors (Lipinski definition) is 1. The first-order valence-electron chi connectivity index (χ1n) is 9.58. The molecule has 0 aliphatic carbocycles. The average Bonchev–Trinajstić information content (AvgIpc) is 3.00. The van der Waals surface area contributed by atoms with Crippen LogP contribution in [0.4, 0.5) is 0 Å². The van der Waals surface area contributed by atoms with Crippen LogP contribution in [0, 0.1) is 19.8 Å². The largest absolute Gasteiger partial charge is 0.356 e. The van der Waals surface area contributed by atoms with Crippen LogP contribution in [0.1, 0.15) is 41.5 Å². The molecule has 1 fully saturated rings. The molecule has 0 atom stereocenters. The molecule has 148 valence electrons. The monoisotopic (exact) mass is 382 g/mol. The minimum atomic E-state index is -0.502. The Labute approximate surface area is 164 Å². The lowest BCUT2D eigenvalue weighted by molar-refractivity contribution is -0.128. The molecule has 0 radical (unpaired) electrons. The maximum Gasteiger partial charge on any atom is 0.295 e. The van der Waals surface area contributed by atoms with Gasteiger partial charge in [-0.15, -0.1) is 0 Å². The van der Waals surface area contributed by atoms with E-state index >= 15 is 0 Å². The van der Waals surface area contributed by atoms with E-state index < -0.39 is 11.7 Å². The minimum absolute atomic E-state index is 0.0462. The van der Waals surface area contributed by atoms with Crippen molar-refractivity contribution < 1.29 is 14.4 Å². The number of nitrogens with one attached hydrogen (secondary N) is 1. The van der Waals surface area contributed by atoms with Crippen LogP contribution in [0.15, 0.2) is 30.3 Å². The summed E-state index contributed by atoms with van der Waals surface area (Å²) >= 11 is 0. The summed E-state index contributed by atoms with van der Waals surface area (Å²) in [5.74, 6) is -0.684. The number of carbonyl (C=O) groups is 3. The Morgan fingerprint density at radius 1 is 1.11 bits per heavy atom. The van der Waals surface area contributed by atoms with Crippen LogP contribution in [-0.2, 0) is 9.59 Å². The van der Waals surface area contributed by atoms with Gasteiger partial charge < -0.3 is 10.2 Å². The number of benzene rings is 1. The molecule has 0 unspecified atom stereocenters. The van der Waals surface area contributed by atoms with Gasteiger partial charge >= 0.3 is 0 Å². The molecule has 0 bridgehead atoms. The van der Waals surface area contributed by atoms with Crippen molar-refractivity contribution in [2.24, 2.45) is 5.92 Å². The number of piperidine rings is 1. The summed E-state index contributed by atoms with van der Waals surface area (Å²) in [6.45, 7) is 6.74. The first-order chi connectivity index (χ1) is 13.4. The van der Waals surface area contributed by atoms with Crippen LogP contribution in [0.2, 0.25) is 0 Å². The van der Waals surface area contributed by atoms with E-state index in [0.29, 0.717) is 42.5 Å². The standard InChI is InChI=1S/C21H26N4O3/c1-14-19(15(2)25(23-14)18-7-5-4-6-8-18)20(27)21(28)24-11-9-17(10-12-24)13-22-16(3)26/h4-8,17H,9-13H2,1-3H3,(H,22,26). The summed E-state index contributed by atoms with van der Waals surface area (Å²) in [7, 11) is 0. The van der Waals surface area contributed by atoms with Crippen molar-refractivity contribution in [2.75, 3.05) is 19.6 Å². The van der Waals surface area contributed by atoms with Crippen LogP contribution in [0.25, 0.3) is 5.69 Å². The van der Waals surface area contributed by atoms with Gasteiger partial charge in [-0.05, 0) is 44.7 Å². The van der Waals surface area contributed by atoms with Gasteiger partial charge in [0.15, 0.2) is 0 Å². The molecular formula is C21H26N4O3. The zero-order valence-electron chi connectivity index (χ0n) is 16.6. The van der Waals surface area contributed by atoms with E-state index in [1.807, 2.05) is 37.3 Å². The van der Waals surface area contributed by atoms with Gasteiger partial charge in [-0.1, -0.05) is 18.2 Å². The average molecular weight is 382 g/mol. The van der Waals surface area contributed by atoms with Gasteiger partial charge in [0.25, 0.3) is 11.7 Å². The number of hydrogen-bond acceptors (Lipinski definition) is 4. The van der Waals surface area contributed by atoms with Crippen molar-refractivity contribution in [3.63, 3.8) is 0 Å². The summed E-state index contributed by atoms with van der Waals surface area (Å²) in [5, 5.41) is 7.29. The van der Waals surface area contributed by atoms with E-state index in [1.54, 1.807) is 16.5 Å². The van der Waals surface area contributed by atoms with Crippen molar-refractivity contribution in [1.82, 2.24) is 20.0 Å². The number of nitrogens with zero attached hydrogens (tertiary/aromatic N) is 3. The molecule has 0 spiro atoms. The first-order valence-corrected chi connectivity index (χ1v) is 9.58. The lowest BCUT2D eigenvalue weighted by Crippen LogP contribution is -2.44. The summed E-state index contributed by atoms with van der Waals surface area (Å²) in [5.41, 5.74) is 2.46. The predicted molar refractivity (Wildman–Crippen MR) is 105 cm³/mol. The van der Waals surface area contributed by atoms with E-state index in [4.69, 9.17) is 0 Å². The second kappa shape index (κ2) is 8.37. The highest BCUT2D eigenvalue weighted by Crippen LogP contribution is 2.21. The number of rotatable bonds is 5. The third kappa shape index (κ3) is 4.13. The number of likely N-dealkylation sites (tertiary alicyclic amines) is 1. The molecule has 1 aliphatic heterocycles. The molecule has 1 N–H and O–H groups in total. The molecule has 1 aromatic carbocycles. The maximum atomic E-state index is 12.9. The van der Waals surface area contributed by atoms with E-state index in [-0.39, 0.29) is 5.91 Å². The number of para-hydroxylation sites is 1. The fourth-order valence-electron chi connectivity index (χ4n) is 3.67. The van der Waals surface area contributed by atoms with Crippen LogP contribution in [0.3, 0.4) is 0 Å². The van der Waals surface area contributed by atoms with Gasteiger partial charge in [0, 0.05) is 26.6 Å². The zero-order valence-corrected chi connectivity index (χ0v) is 16.6. The van der Waals surface area contributed by atoms with Gasteiger partial charge in [0.1, 0.15) is 0 Å². The Balaban J connectivity index is 1.70.